The number of amides is 3. The fraction of sp³-hybridized carbons (Fsp3) is 0.120. The molecular formula is C25H23ClN4O6. The Morgan fingerprint density at radius 3 is 2.33 bits per heavy atom. The fourth-order valence-corrected chi connectivity index (χ4v) is 3.11. The van der Waals surface area contributed by atoms with E-state index in [4.69, 9.17) is 25.8 Å². The van der Waals surface area contributed by atoms with E-state index in [-0.39, 0.29) is 12.4 Å². The summed E-state index contributed by atoms with van der Waals surface area (Å²) in [4.78, 5) is 36.5. The molecule has 0 saturated carbocycles. The first-order valence-corrected chi connectivity index (χ1v) is 10.9. The summed E-state index contributed by atoms with van der Waals surface area (Å²) in [7, 11) is 3.00. The zero-order valence-corrected chi connectivity index (χ0v) is 20.2. The zero-order chi connectivity index (χ0) is 25.9. The molecule has 0 aliphatic heterocycles. The Labute approximate surface area is 212 Å². The van der Waals surface area contributed by atoms with E-state index in [1.807, 2.05) is 0 Å². The van der Waals surface area contributed by atoms with Gasteiger partial charge in [-0.15, -0.1) is 0 Å². The number of hydrogen-bond acceptors (Lipinski definition) is 7. The molecule has 3 N–H and O–H groups in total. The zero-order valence-electron chi connectivity index (χ0n) is 19.4. The molecule has 11 heteroatoms. The molecule has 0 saturated heterocycles. The van der Waals surface area contributed by atoms with Gasteiger partial charge in [0.05, 0.1) is 20.4 Å². The summed E-state index contributed by atoms with van der Waals surface area (Å²) in [6, 6.07) is 18.2. The predicted octanol–water partition coefficient (Wildman–Crippen LogP) is 3.46. The van der Waals surface area contributed by atoms with E-state index >= 15 is 0 Å². The van der Waals surface area contributed by atoms with Gasteiger partial charge in [-0.2, -0.15) is 5.10 Å². The summed E-state index contributed by atoms with van der Waals surface area (Å²) in [5.74, 6) is -1.08. The highest BCUT2D eigenvalue weighted by Gasteiger charge is 2.15. The highest BCUT2D eigenvalue weighted by molar-refractivity contribution is 6.39. The minimum atomic E-state index is -0.990. The average molecular weight is 511 g/mol. The van der Waals surface area contributed by atoms with Crippen LogP contribution in [0.5, 0.6) is 17.2 Å². The summed E-state index contributed by atoms with van der Waals surface area (Å²) < 4.78 is 16.1. The third-order valence-corrected chi connectivity index (χ3v) is 4.84. The number of nitrogens with one attached hydrogen (secondary N) is 3. The van der Waals surface area contributed by atoms with Crippen LogP contribution in [0.1, 0.15) is 5.56 Å². The molecule has 3 amide bonds. The number of hydrazone groups is 1. The van der Waals surface area contributed by atoms with Crippen molar-refractivity contribution in [2.45, 2.75) is 0 Å². The lowest BCUT2D eigenvalue weighted by Crippen LogP contribution is -2.32. The Balaban J connectivity index is 1.61. The predicted molar refractivity (Wildman–Crippen MR) is 136 cm³/mol. The van der Waals surface area contributed by atoms with E-state index in [1.54, 1.807) is 67.8 Å². The van der Waals surface area contributed by atoms with Gasteiger partial charge in [-0.1, -0.05) is 23.7 Å². The van der Waals surface area contributed by atoms with Crippen LogP contribution in [0.25, 0.3) is 0 Å². The molecular weight excluding hydrogens is 488 g/mol. The first kappa shape index (κ1) is 26.0. The summed E-state index contributed by atoms with van der Waals surface area (Å²) in [5.41, 5.74) is 3.48. The third-order valence-electron chi connectivity index (χ3n) is 4.61. The van der Waals surface area contributed by atoms with Crippen molar-refractivity contribution < 1.29 is 28.6 Å². The Morgan fingerprint density at radius 1 is 0.889 bits per heavy atom. The Bertz CT molecular complexity index is 1260. The third kappa shape index (κ3) is 7.47. The summed E-state index contributed by atoms with van der Waals surface area (Å²) in [6.45, 7) is -0.318. The summed E-state index contributed by atoms with van der Waals surface area (Å²) in [6.07, 6.45) is 1.27. The second kappa shape index (κ2) is 12.8. The normalized spacial score (nSPS) is 10.4. The molecule has 0 spiro atoms. The maximum atomic E-state index is 12.3. The lowest BCUT2D eigenvalue weighted by Gasteiger charge is -2.13. The Morgan fingerprint density at radius 2 is 1.64 bits per heavy atom. The van der Waals surface area contributed by atoms with Crippen LogP contribution in [0.2, 0.25) is 5.02 Å². The van der Waals surface area contributed by atoms with Crippen molar-refractivity contribution in [1.82, 2.24) is 5.43 Å². The van der Waals surface area contributed by atoms with E-state index in [0.29, 0.717) is 33.5 Å². The molecule has 0 radical (unpaired) electrons. The lowest BCUT2D eigenvalue weighted by atomic mass is 10.2. The number of carbonyl (C=O) groups excluding carboxylic acids is 3. The molecule has 0 bridgehead atoms. The molecule has 0 aromatic heterocycles. The number of para-hydroxylation sites is 1. The number of benzene rings is 3. The molecule has 10 nitrogen and oxygen atoms in total. The molecule has 0 fully saturated rings. The van der Waals surface area contributed by atoms with Gasteiger partial charge in [0.2, 0.25) is 0 Å². The van der Waals surface area contributed by atoms with Crippen LogP contribution in [0.15, 0.2) is 71.8 Å². The van der Waals surface area contributed by atoms with Crippen molar-refractivity contribution in [2.75, 3.05) is 31.5 Å². The number of ether oxygens (including phenoxy) is 3. The van der Waals surface area contributed by atoms with E-state index in [0.717, 1.165) is 0 Å². The van der Waals surface area contributed by atoms with Gasteiger partial charge in [-0.05, 0) is 54.6 Å². The van der Waals surface area contributed by atoms with Crippen molar-refractivity contribution in [3.63, 3.8) is 0 Å². The minimum Gasteiger partial charge on any atom is -0.497 e. The van der Waals surface area contributed by atoms with Gasteiger partial charge in [0.1, 0.15) is 5.75 Å². The number of hydrogen-bond donors (Lipinski definition) is 3. The maximum Gasteiger partial charge on any atom is 0.329 e. The Hall–Kier alpha value is -4.57. The van der Waals surface area contributed by atoms with E-state index in [1.165, 1.54) is 19.4 Å². The van der Waals surface area contributed by atoms with Crippen molar-refractivity contribution in [2.24, 2.45) is 5.10 Å². The van der Waals surface area contributed by atoms with E-state index in [9.17, 15) is 14.4 Å². The molecule has 3 aromatic rings. The molecule has 0 unspecified atom stereocenters. The van der Waals surface area contributed by atoms with Crippen molar-refractivity contribution in [1.29, 1.82) is 0 Å². The second-order valence-electron chi connectivity index (χ2n) is 7.11. The van der Waals surface area contributed by atoms with Gasteiger partial charge in [0.25, 0.3) is 5.91 Å². The van der Waals surface area contributed by atoms with Crippen LogP contribution < -0.4 is 30.3 Å². The van der Waals surface area contributed by atoms with E-state index in [2.05, 4.69) is 21.2 Å². The molecule has 36 heavy (non-hydrogen) atoms. The van der Waals surface area contributed by atoms with Crippen molar-refractivity contribution in [3.05, 3.63) is 77.3 Å². The van der Waals surface area contributed by atoms with Crippen molar-refractivity contribution >= 4 is 46.9 Å². The largest absolute Gasteiger partial charge is 0.497 e. The van der Waals surface area contributed by atoms with E-state index < -0.39 is 17.7 Å². The number of halogens is 1. The smallest absolute Gasteiger partial charge is 0.329 e. The van der Waals surface area contributed by atoms with Crippen LogP contribution in [0, 0.1) is 0 Å². The van der Waals surface area contributed by atoms with Crippen LogP contribution in [0.3, 0.4) is 0 Å². The molecule has 3 rings (SSSR count). The second-order valence-corrected chi connectivity index (χ2v) is 7.54. The van der Waals surface area contributed by atoms with Gasteiger partial charge in [-0.25, -0.2) is 5.43 Å². The SMILES string of the molecule is COc1ccc(NC(=O)COc2c(/C=N\NC(=O)C(=O)Nc3cccc(Cl)c3)cccc2OC)cc1. The first-order valence-electron chi connectivity index (χ1n) is 10.5. The quantitative estimate of drug-likeness (QED) is 0.230. The van der Waals surface area contributed by atoms with Gasteiger partial charge in [0.15, 0.2) is 18.1 Å². The van der Waals surface area contributed by atoms with Crippen LogP contribution in [0.4, 0.5) is 11.4 Å². The topological polar surface area (TPSA) is 127 Å². The monoisotopic (exact) mass is 510 g/mol. The summed E-state index contributed by atoms with van der Waals surface area (Å²) in [5, 5.41) is 9.35. The molecule has 0 heterocycles. The molecule has 186 valence electrons. The molecule has 0 atom stereocenters. The van der Waals surface area contributed by atoms with Gasteiger partial charge in [-0.3, -0.25) is 14.4 Å². The summed E-state index contributed by atoms with van der Waals surface area (Å²) >= 11 is 5.87. The number of methoxy groups -OCH3 is 2. The van der Waals surface area contributed by atoms with Gasteiger partial charge in [0, 0.05) is 22.0 Å². The highest BCUT2D eigenvalue weighted by atomic mass is 35.5. The minimum absolute atomic E-state index is 0.228. The van der Waals surface area contributed by atoms with Crippen LogP contribution in [-0.4, -0.2) is 44.8 Å². The maximum absolute atomic E-state index is 12.3. The van der Waals surface area contributed by atoms with Crippen LogP contribution in [-0.2, 0) is 14.4 Å². The van der Waals surface area contributed by atoms with Gasteiger partial charge < -0.3 is 24.8 Å². The number of carbonyl (C=O) groups is 3. The number of rotatable bonds is 9. The highest BCUT2D eigenvalue weighted by Crippen LogP contribution is 2.30. The average Bonchev–Trinajstić information content (AvgIpc) is 2.88. The van der Waals surface area contributed by atoms with Crippen molar-refractivity contribution in [3.8, 4) is 17.2 Å². The van der Waals surface area contributed by atoms with Gasteiger partial charge >= 0.3 is 11.8 Å². The molecule has 0 aliphatic carbocycles. The Kier molecular flexibility index (Phi) is 9.24. The first-order chi connectivity index (χ1) is 17.4. The molecule has 0 aliphatic rings. The standard InChI is InChI=1S/C25H23ClN4O6/c1-34-20-11-9-18(10-12-20)28-22(31)15-36-23-16(5-3-8-21(23)35-2)14-27-30-25(33)24(32)29-19-7-4-6-17(26)13-19/h3-14H,15H2,1-2H3,(H,28,31)(H,29,32)(H,30,33)/b27-14-. The fourth-order valence-electron chi connectivity index (χ4n) is 2.92. The number of anilines is 2. The molecule has 3 aromatic carbocycles. The van der Waals surface area contributed by atoms with Crippen LogP contribution >= 0.6 is 11.6 Å². The lowest BCUT2D eigenvalue weighted by molar-refractivity contribution is -0.136. The number of nitrogens with zero attached hydrogens (tertiary/aromatic N) is 1.